The van der Waals surface area contributed by atoms with Crippen LogP contribution in [0.4, 0.5) is 23.0 Å². The zero-order chi connectivity index (χ0) is 19.2. The average molecular weight is 358 g/mol. The Morgan fingerprint density at radius 2 is 1.52 bits per heavy atom. The van der Waals surface area contributed by atoms with E-state index in [0.717, 1.165) is 23.0 Å². The van der Waals surface area contributed by atoms with Gasteiger partial charge in [-0.2, -0.15) is 0 Å². The van der Waals surface area contributed by atoms with Gasteiger partial charge in [0.1, 0.15) is 6.17 Å². The zero-order valence-corrected chi connectivity index (χ0v) is 16.6. The van der Waals surface area contributed by atoms with E-state index in [0.29, 0.717) is 0 Å². The van der Waals surface area contributed by atoms with Gasteiger partial charge < -0.3 is 9.80 Å². The van der Waals surface area contributed by atoms with Crippen LogP contribution in [0.5, 0.6) is 0 Å². The van der Waals surface area contributed by atoms with Crippen LogP contribution < -0.4 is 9.80 Å². The molecule has 0 saturated carbocycles. The first-order valence-corrected chi connectivity index (χ1v) is 9.44. The molecule has 2 aromatic carbocycles. The van der Waals surface area contributed by atoms with E-state index in [-0.39, 0.29) is 11.6 Å². The molecule has 1 atom stereocenters. The highest BCUT2D eigenvalue weighted by Gasteiger charge is 2.38. The van der Waals surface area contributed by atoms with E-state index in [1.54, 1.807) is 0 Å². The Morgan fingerprint density at radius 3 is 2.19 bits per heavy atom. The van der Waals surface area contributed by atoms with E-state index < -0.39 is 0 Å². The summed E-state index contributed by atoms with van der Waals surface area (Å²) in [5.74, 6) is 1.83. The summed E-state index contributed by atoms with van der Waals surface area (Å²) in [6.45, 7) is 10.9. The third-order valence-electron chi connectivity index (χ3n) is 5.12. The number of hydrogen-bond donors (Lipinski definition) is 0. The molecule has 0 radical (unpaired) electrons. The van der Waals surface area contributed by atoms with Crippen molar-refractivity contribution in [3.05, 3.63) is 72.1 Å². The van der Waals surface area contributed by atoms with Crippen LogP contribution in [-0.2, 0) is 5.41 Å². The van der Waals surface area contributed by atoms with Gasteiger partial charge in [0.15, 0.2) is 11.6 Å². The fourth-order valence-corrected chi connectivity index (χ4v) is 3.61. The first-order chi connectivity index (χ1) is 12.9. The molecule has 1 aliphatic rings. The maximum absolute atomic E-state index is 5.06. The highest BCUT2D eigenvalue weighted by atomic mass is 15.5. The zero-order valence-electron chi connectivity index (χ0n) is 16.6. The van der Waals surface area contributed by atoms with Crippen LogP contribution in [0.15, 0.2) is 60.8 Å². The van der Waals surface area contributed by atoms with Crippen molar-refractivity contribution in [2.24, 2.45) is 0 Å². The molecule has 1 aromatic heterocycles. The minimum Gasteiger partial charge on any atom is -0.302 e. The van der Waals surface area contributed by atoms with Crippen molar-refractivity contribution in [3.8, 4) is 0 Å². The third kappa shape index (κ3) is 2.95. The minimum atomic E-state index is -0.0519. The Bertz CT molecular complexity index is 960. The highest BCUT2D eigenvalue weighted by Crippen LogP contribution is 2.46. The smallest absolute Gasteiger partial charge is 0.178 e. The van der Waals surface area contributed by atoms with Crippen LogP contribution in [0.3, 0.4) is 0 Å². The number of anilines is 4. The molecule has 3 aromatic rings. The second-order valence-corrected chi connectivity index (χ2v) is 8.15. The second-order valence-electron chi connectivity index (χ2n) is 8.15. The van der Waals surface area contributed by atoms with Crippen LogP contribution in [0, 0.1) is 6.92 Å². The molecule has 27 heavy (non-hydrogen) atoms. The Kier molecular flexibility index (Phi) is 4.14. The Hall–Kier alpha value is -2.88. The van der Waals surface area contributed by atoms with Crippen LogP contribution in [0.25, 0.3) is 0 Å². The van der Waals surface area contributed by atoms with Crippen LogP contribution in [0.1, 0.15) is 39.0 Å². The van der Waals surface area contributed by atoms with Crippen LogP contribution in [-0.4, -0.2) is 16.1 Å². The molecule has 2 heterocycles. The Balaban J connectivity index is 1.93. The normalized spacial score (nSPS) is 16.6. The highest BCUT2D eigenvalue weighted by molar-refractivity contribution is 5.84. The molecule has 4 nitrogen and oxygen atoms in total. The summed E-state index contributed by atoms with van der Waals surface area (Å²) in [7, 11) is 0. The van der Waals surface area contributed by atoms with Crippen LogP contribution in [0.2, 0.25) is 0 Å². The van der Waals surface area contributed by atoms with Gasteiger partial charge in [0.25, 0.3) is 0 Å². The lowest BCUT2D eigenvalue weighted by molar-refractivity contribution is 0.566. The predicted octanol–water partition coefficient (Wildman–Crippen LogP) is 5.72. The number of aromatic nitrogens is 2. The van der Waals surface area contributed by atoms with Gasteiger partial charge in [0, 0.05) is 16.8 Å². The minimum absolute atomic E-state index is 0.0519. The van der Waals surface area contributed by atoms with Crippen molar-refractivity contribution in [1.29, 1.82) is 0 Å². The molecule has 0 saturated heterocycles. The van der Waals surface area contributed by atoms with E-state index in [2.05, 4.69) is 92.9 Å². The summed E-state index contributed by atoms with van der Waals surface area (Å²) >= 11 is 0. The van der Waals surface area contributed by atoms with Gasteiger partial charge in [0.05, 0.1) is 11.9 Å². The molecule has 0 amide bonds. The molecule has 4 heteroatoms. The molecule has 0 bridgehead atoms. The lowest BCUT2D eigenvalue weighted by atomic mass is 9.93. The molecular weight excluding hydrogens is 332 g/mol. The lowest BCUT2D eigenvalue weighted by Crippen LogP contribution is -2.35. The number of aryl methyl sites for hydroxylation is 1. The fourth-order valence-electron chi connectivity index (χ4n) is 3.61. The van der Waals surface area contributed by atoms with Crippen molar-refractivity contribution in [1.82, 2.24) is 9.97 Å². The number of hydrogen-bond acceptors (Lipinski definition) is 4. The molecule has 4 rings (SSSR count). The summed E-state index contributed by atoms with van der Waals surface area (Å²) in [5, 5.41) is 0. The Morgan fingerprint density at radius 1 is 0.852 bits per heavy atom. The summed E-state index contributed by atoms with van der Waals surface area (Å²) in [6.07, 6.45) is 2.00. The fraction of sp³-hybridized carbons (Fsp3) is 0.304. The molecular formula is C23H26N4. The molecule has 0 fully saturated rings. The number of rotatable bonds is 2. The average Bonchev–Trinajstić information content (AvgIpc) is 2.93. The van der Waals surface area contributed by atoms with Crippen molar-refractivity contribution < 1.29 is 0 Å². The van der Waals surface area contributed by atoms with Crippen LogP contribution >= 0.6 is 0 Å². The standard InChI is InChI=1S/C23H26N4/c1-16-11-9-10-14-19(16)27-17(2)26(18-12-7-6-8-13-18)22-21(27)24-15-20(25-22)23(3,4)5/h6-15,17H,1-5H3. The maximum Gasteiger partial charge on any atom is 0.178 e. The monoisotopic (exact) mass is 358 g/mol. The Labute approximate surface area is 161 Å². The van der Waals surface area contributed by atoms with Crippen molar-refractivity contribution >= 4 is 23.0 Å². The third-order valence-corrected chi connectivity index (χ3v) is 5.12. The molecule has 0 N–H and O–H groups in total. The summed E-state index contributed by atoms with van der Waals surface area (Å²) < 4.78 is 0. The largest absolute Gasteiger partial charge is 0.302 e. The van der Waals surface area contributed by atoms with Crippen molar-refractivity contribution in [3.63, 3.8) is 0 Å². The lowest BCUT2D eigenvalue weighted by Gasteiger charge is -2.30. The number of fused-ring (bicyclic) bond motifs is 1. The van der Waals surface area contributed by atoms with E-state index in [4.69, 9.17) is 9.97 Å². The first kappa shape index (κ1) is 17.5. The van der Waals surface area contributed by atoms with E-state index >= 15 is 0 Å². The molecule has 1 unspecified atom stereocenters. The number of para-hydroxylation sites is 2. The van der Waals surface area contributed by atoms with Gasteiger partial charge >= 0.3 is 0 Å². The van der Waals surface area contributed by atoms with Gasteiger partial charge in [-0.15, -0.1) is 0 Å². The van der Waals surface area contributed by atoms with Gasteiger partial charge in [-0.25, -0.2) is 9.97 Å². The van der Waals surface area contributed by atoms with Crippen molar-refractivity contribution in [2.75, 3.05) is 9.80 Å². The molecule has 0 spiro atoms. The summed E-state index contributed by atoms with van der Waals surface area (Å²) in [4.78, 5) is 14.5. The van der Waals surface area contributed by atoms with Gasteiger partial charge in [-0.05, 0) is 37.6 Å². The van der Waals surface area contributed by atoms with E-state index in [1.165, 1.54) is 11.3 Å². The summed E-state index contributed by atoms with van der Waals surface area (Å²) in [6, 6.07) is 18.9. The first-order valence-electron chi connectivity index (χ1n) is 9.44. The molecule has 138 valence electrons. The topological polar surface area (TPSA) is 32.3 Å². The molecule has 1 aliphatic heterocycles. The van der Waals surface area contributed by atoms with E-state index in [1.807, 2.05) is 12.3 Å². The van der Waals surface area contributed by atoms with Gasteiger partial charge in [-0.3, -0.25) is 0 Å². The quantitative estimate of drug-likeness (QED) is 0.586. The number of nitrogens with zero attached hydrogens (tertiary/aromatic N) is 4. The van der Waals surface area contributed by atoms with E-state index in [9.17, 15) is 0 Å². The van der Waals surface area contributed by atoms with Gasteiger partial charge in [-0.1, -0.05) is 57.2 Å². The summed E-state index contributed by atoms with van der Waals surface area (Å²) in [5.41, 5.74) is 4.47. The molecule has 0 aliphatic carbocycles. The second kappa shape index (κ2) is 6.38. The van der Waals surface area contributed by atoms with Crippen molar-refractivity contribution in [2.45, 2.75) is 46.2 Å². The predicted molar refractivity (Wildman–Crippen MR) is 112 cm³/mol. The number of benzene rings is 2. The maximum atomic E-state index is 5.06. The SMILES string of the molecule is Cc1ccccc1N1c2ncc(C(C)(C)C)nc2N(c2ccccc2)C1C. The van der Waals surface area contributed by atoms with Gasteiger partial charge in [0.2, 0.25) is 0 Å².